The number of hydrogen-bond acceptors (Lipinski definition) is 6. The average molecular weight is 428 g/mol. The Bertz CT molecular complexity index is 967. The third-order valence-corrected chi connectivity index (χ3v) is 6.75. The largest absolute Gasteiger partial charge is 0.496 e. The van der Waals surface area contributed by atoms with Crippen LogP contribution in [-0.2, 0) is 10.0 Å². The van der Waals surface area contributed by atoms with Gasteiger partial charge in [0.25, 0.3) is 15.7 Å². The number of para-hydroxylation sites is 1. The summed E-state index contributed by atoms with van der Waals surface area (Å²) in [6.07, 6.45) is 0. The molecule has 10 heteroatoms. The van der Waals surface area contributed by atoms with Crippen molar-refractivity contribution in [3.05, 3.63) is 63.7 Å². The first-order valence-corrected chi connectivity index (χ1v) is 9.91. The van der Waals surface area contributed by atoms with E-state index in [1.54, 1.807) is 19.1 Å². The van der Waals surface area contributed by atoms with Crippen molar-refractivity contribution in [3.8, 4) is 5.75 Å². The van der Waals surface area contributed by atoms with Crippen LogP contribution in [0.3, 0.4) is 0 Å². The monoisotopic (exact) mass is 427 g/mol. The minimum atomic E-state index is -4.09. The number of nitrogens with zero attached hydrogens (tertiary/aromatic N) is 2. The number of aryl methyl sites for hydroxylation is 1. The first kappa shape index (κ1) is 22.1. The maximum absolute atomic E-state index is 13.5. The SMILES string of the molecule is COc1ccccc1C1CNCCN1S(=O)(=O)c1c(C)cccc1[N+](=O)[O-].Cl. The summed E-state index contributed by atoms with van der Waals surface area (Å²) in [7, 11) is -2.57. The Morgan fingerprint density at radius 1 is 1.21 bits per heavy atom. The van der Waals surface area contributed by atoms with Crippen molar-refractivity contribution in [3.63, 3.8) is 0 Å². The van der Waals surface area contributed by atoms with E-state index in [0.29, 0.717) is 30.0 Å². The van der Waals surface area contributed by atoms with E-state index in [1.165, 1.54) is 23.5 Å². The van der Waals surface area contributed by atoms with Gasteiger partial charge in [0.05, 0.1) is 18.1 Å². The maximum Gasteiger partial charge on any atom is 0.289 e. The van der Waals surface area contributed by atoms with Crippen LogP contribution >= 0.6 is 12.4 Å². The summed E-state index contributed by atoms with van der Waals surface area (Å²) in [5, 5.41) is 14.6. The Balaban J connectivity index is 0.00000280. The molecule has 0 bridgehead atoms. The summed E-state index contributed by atoms with van der Waals surface area (Å²) in [5.74, 6) is 0.575. The summed E-state index contributed by atoms with van der Waals surface area (Å²) in [6.45, 7) is 2.63. The zero-order chi connectivity index (χ0) is 19.6. The summed E-state index contributed by atoms with van der Waals surface area (Å²) < 4.78 is 33.7. The van der Waals surface area contributed by atoms with Crippen molar-refractivity contribution in [2.45, 2.75) is 17.9 Å². The lowest BCUT2D eigenvalue weighted by molar-refractivity contribution is -0.387. The molecule has 0 amide bonds. The van der Waals surface area contributed by atoms with Crippen LogP contribution in [0, 0.1) is 17.0 Å². The fourth-order valence-corrected chi connectivity index (χ4v) is 5.38. The molecule has 1 N–H and O–H groups in total. The Morgan fingerprint density at radius 2 is 1.93 bits per heavy atom. The first-order chi connectivity index (χ1) is 12.9. The summed E-state index contributed by atoms with van der Waals surface area (Å²) in [5.41, 5.74) is 0.654. The third kappa shape index (κ3) is 3.97. The second-order valence-electron chi connectivity index (χ2n) is 6.26. The molecule has 1 aliphatic heterocycles. The molecule has 28 heavy (non-hydrogen) atoms. The molecule has 2 aromatic carbocycles. The molecule has 1 atom stereocenters. The molecular weight excluding hydrogens is 406 g/mol. The Labute approximate surface area is 170 Å². The topological polar surface area (TPSA) is 102 Å². The highest BCUT2D eigenvalue weighted by atomic mass is 35.5. The van der Waals surface area contributed by atoms with E-state index < -0.39 is 26.7 Å². The molecule has 0 aromatic heterocycles. The highest BCUT2D eigenvalue weighted by molar-refractivity contribution is 7.89. The van der Waals surface area contributed by atoms with Crippen LogP contribution in [0.2, 0.25) is 0 Å². The van der Waals surface area contributed by atoms with E-state index in [4.69, 9.17) is 4.74 Å². The van der Waals surface area contributed by atoms with E-state index in [0.717, 1.165) is 0 Å². The molecular formula is C18H22ClN3O5S. The number of sulfonamides is 1. The number of nitro benzene ring substituents is 1. The smallest absolute Gasteiger partial charge is 0.289 e. The molecule has 1 fully saturated rings. The number of nitro groups is 1. The van der Waals surface area contributed by atoms with Gasteiger partial charge in [-0.1, -0.05) is 30.3 Å². The standard InChI is InChI=1S/C18H21N3O5S.ClH/c1-13-6-5-8-15(21(22)23)18(13)27(24,25)20-11-10-19-12-16(20)14-7-3-4-9-17(14)26-2;/h3-9,16,19H,10-12H2,1-2H3;1H. The Morgan fingerprint density at radius 3 is 2.61 bits per heavy atom. The molecule has 1 heterocycles. The molecule has 8 nitrogen and oxygen atoms in total. The molecule has 0 radical (unpaired) electrons. The molecule has 1 aliphatic rings. The minimum absolute atomic E-state index is 0. The van der Waals surface area contributed by atoms with Gasteiger partial charge in [-0.2, -0.15) is 4.31 Å². The Hall–Kier alpha value is -2.20. The van der Waals surface area contributed by atoms with Gasteiger partial charge >= 0.3 is 0 Å². The van der Waals surface area contributed by atoms with Crippen molar-refractivity contribution in [1.82, 2.24) is 9.62 Å². The third-order valence-electron chi connectivity index (χ3n) is 4.65. The van der Waals surface area contributed by atoms with Crippen LogP contribution in [0.4, 0.5) is 5.69 Å². The molecule has 3 rings (SSSR count). The van der Waals surface area contributed by atoms with Crippen molar-refractivity contribution >= 4 is 28.1 Å². The molecule has 0 aliphatic carbocycles. The van der Waals surface area contributed by atoms with Crippen LogP contribution in [0.25, 0.3) is 0 Å². The maximum atomic E-state index is 13.5. The Kier molecular flexibility index (Phi) is 7.00. The van der Waals surface area contributed by atoms with Gasteiger partial charge in [0.15, 0.2) is 4.90 Å². The van der Waals surface area contributed by atoms with Gasteiger partial charge in [-0.3, -0.25) is 10.1 Å². The lowest BCUT2D eigenvalue weighted by Gasteiger charge is -2.36. The predicted octanol–water partition coefficient (Wildman–Crippen LogP) is 2.67. The summed E-state index contributed by atoms with van der Waals surface area (Å²) >= 11 is 0. The minimum Gasteiger partial charge on any atom is -0.496 e. The van der Waals surface area contributed by atoms with Crippen LogP contribution in [-0.4, -0.2) is 44.4 Å². The van der Waals surface area contributed by atoms with Crippen molar-refractivity contribution < 1.29 is 18.1 Å². The van der Waals surface area contributed by atoms with Gasteiger partial charge in [-0.15, -0.1) is 12.4 Å². The molecule has 2 aromatic rings. The zero-order valence-corrected chi connectivity index (χ0v) is 17.1. The summed E-state index contributed by atoms with van der Waals surface area (Å²) in [4.78, 5) is 10.5. The molecule has 1 saturated heterocycles. The average Bonchev–Trinajstić information content (AvgIpc) is 2.67. The predicted molar refractivity (Wildman–Crippen MR) is 108 cm³/mol. The second kappa shape index (κ2) is 8.87. The normalized spacial score (nSPS) is 17.6. The second-order valence-corrected chi connectivity index (χ2v) is 8.09. The lowest BCUT2D eigenvalue weighted by atomic mass is 10.0. The van der Waals surface area contributed by atoms with Gasteiger partial charge in [-0.05, 0) is 18.6 Å². The first-order valence-electron chi connectivity index (χ1n) is 8.47. The van der Waals surface area contributed by atoms with Gasteiger partial charge in [-0.25, -0.2) is 8.42 Å². The van der Waals surface area contributed by atoms with E-state index in [2.05, 4.69) is 5.32 Å². The number of benzene rings is 2. The van der Waals surface area contributed by atoms with Gasteiger partial charge in [0, 0.05) is 31.3 Å². The van der Waals surface area contributed by atoms with Crippen molar-refractivity contribution in [2.24, 2.45) is 0 Å². The number of nitrogens with one attached hydrogen (secondary N) is 1. The van der Waals surface area contributed by atoms with Gasteiger partial charge < -0.3 is 10.1 Å². The van der Waals surface area contributed by atoms with E-state index in [-0.39, 0.29) is 23.8 Å². The lowest BCUT2D eigenvalue weighted by Crippen LogP contribution is -2.48. The molecule has 0 saturated carbocycles. The number of hydrogen-bond donors (Lipinski definition) is 1. The number of ether oxygens (including phenoxy) is 1. The van der Waals surface area contributed by atoms with Gasteiger partial charge in [0.1, 0.15) is 5.75 Å². The van der Waals surface area contributed by atoms with E-state index in [1.807, 2.05) is 18.2 Å². The van der Waals surface area contributed by atoms with Crippen LogP contribution in [0.15, 0.2) is 47.4 Å². The number of rotatable bonds is 5. The van der Waals surface area contributed by atoms with E-state index in [9.17, 15) is 18.5 Å². The van der Waals surface area contributed by atoms with Gasteiger partial charge in [0.2, 0.25) is 0 Å². The quantitative estimate of drug-likeness (QED) is 0.581. The molecule has 152 valence electrons. The van der Waals surface area contributed by atoms with Crippen LogP contribution in [0.5, 0.6) is 5.75 Å². The summed E-state index contributed by atoms with van der Waals surface area (Å²) in [6, 6.07) is 11.0. The number of piperazine rings is 1. The highest BCUT2D eigenvalue weighted by Crippen LogP contribution is 2.37. The van der Waals surface area contributed by atoms with Crippen molar-refractivity contribution in [2.75, 3.05) is 26.7 Å². The van der Waals surface area contributed by atoms with Crippen LogP contribution < -0.4 is 10.1 Å². The number of methoxy groups -OCH3 is 1. The number of halogens is 1. The fourth-order valence-electron chi connectivity index (χ4n) is 3.41. The van der Waals surface area contributed by atoms with E-state index >= 15 is 0 Å². The highest BCUT2D eigenvalue weighted by Gasteiger charge is 2.39. The van der Waals surface area contributed by atoms with Crippen molar-refractivity contribution in [1.29, 1.82) is 0 Å². The fraction of sp³-hybridized carbons (Fsp3) is 0.333. The molecule has 1 unspecified atom stereocenters. The zero-order valence-electron chi connectivity index (χ0n) is 15.5. The van der Waals surface area contributed by atoms with Crippen LogP contribution in [0.1, 0.15) is 17.2 Å². The molecule has 0 spiro atoms.